The van der Waals surface area contributed by atoms with E-state index in [1.54, 1.807) is 36.4 Å². The van der Waals surface area contributed by atoms with E-state index < -0.39 is 5.82 Å². The van der Waals surface area contributed by atoms with E-state index in [1.165, 1.54) is 29.1 Å². The molecular formula is C22H16F2N6O. The third-order valence-corrected chi connectivity index (χ3v) is 4.96. The number of nitrogens with zero attached hydrogens (tertiary/aromatic N) is 6. The number of hydrogen-bond donors (Lipinski definition) is 0. The first-order valence-corrected chi connectivity index (χ1v) is 9.58. The molecule has 0 saturated carbocycles. The minimum atomic E-state index is -0.443. The second kappa shape index (κ2) is 7.67. The largest absolute Gasteiger partial charge is 0.470 e. The Balaban J connectivity index is 1.63. The Hall–Kier alpha value is -4.01. The number of benzene rings is 2. The fourth-order valence-electron chi connectivity index (χ4n) is 3.30. The minimum Gasteiger partial charge on any atom is -0.470 e. The van der Waals surface area contributed by atoms with Gasteiger partial charge in [0.05, 0.1) is 17.3 Å². The lowest BCUT2D eigenvalue weighted by Gasteiger charge is -2.13. The summed E-state index contributed by atoms with van der Waals surface area (Å²) in [5.74, 6) is -0.378. The highest BCUT2D eigenvalue weighted by molar-refractivity contribution is 5.99. The summed E-state index contributed by atoms with van der Waals surface area (Å²) in [5.41, 5.74) is 2.48. The fraction of sp³-hybridized carbons (Fsp3) is 0.136. The van der Waals surface area contributed by atoms with Crippen LogP contribution in [0.2, 0.25) is 0 Å². The van der Waals surface area contributed by atoms with Gasteiger partial charge >= 0.3 is 0 Å². The molecule has 9 heteroatoms. The maximum Gasteiger partial charge on any atom is 0.240 e. The summed E-state index contributed by atoms with van der Waals surface area (Å²) in [6.07, 6.45) is 1.49. The second-order valence-corrected chi connectivity index (χ2v) is 7.00. The van der Waals surface area contributed by atoms with E-state index >= 15 is 0 Å². The van der Waals surface area contributed by atoms with Crippen LogP contribution >= 0.6 is 0 Å². The van der Waals surface area contributed by atoms with Crippen molar-refractivity contribution in [2.75, 3.05) is 6.61 Å². The van der Waals surface area contributed by atoms with Crippen molar-refractivity contribution in [1.29, 1.82) is 0 Å². The van der Waals surface area contributed by atoms with E-state index in [1.807, 2.05) is 6.92 Å². The van der Waals surface area contributed by atoms with Gasteiger partial charge in [-0.25, -0.2) is 13.8 Å². The Labute approximate surface area is 175 Å². The number of hydrogen-bond acceptors (Lipinski definition) is 6. The van der Waals surface area contributed by atoms with Crippen LogP contribution in [0.4, 0.5) is 8.78 Å². The highest BCUT2D eigenvalue weighted by atomic mass is 19.1. The molecule has 1 aliphatic rings. The van der Waals surface area contributed by atoms with E-state index in [0.717, 1.165) is 5.71 Å². The lowest BCUT2D eigenvalue weighted by molar-refractivity contribution is 0.354. The summed E-state index contributed by atoms with van der Waals surface area (Å²) in [6.45, 7) is 2.06. The molecular weight excluding hydrogens is 402 g/mol. The highest BCUT2D eigenvalue weighted by Gasteiger charge is 2.20. The molecule has 0 bridgehead atoms. The maximum absolute atomic E-state index is 14.4. The molecule has 0 aliphatic carbocycles. The van der Waals surface area contributed by atoms with Crippen LogP contribution in [-0.4, -0.2) is 44.5 Å². The van der Waals surface area contributed by atoms with Gasteiger partial charge in [-0.15, -0.1) is 15.3 Å². The minimum absolute atomic E-state index is 0.0924. The molecule has 1 aliphatic heterocycles. The van der Waals surface area contributed by atoms with Gasteiger partial charge in [0.25, 0.3) is 0 Å². The van der Waals surface area contributed by atoms with Gasteiger partial charge in [0.15, 0.2) is 11.5 Å². The first-order chi connectivity index (χ1) is 15.1. The number of halogens is 2. The number of ether oxygens (including phenoxy) is 1. The van der Waals surface area contributed by atoms with Gasteiger partial charge < -0.3 is 4.74 Å². The molecule has 0 spiro atoms. The van der Waals surface area contributed by atoms with Crippen molar-refractivity contribution in [3.8, 4) is 28.4 Å². The van der Waals surface area contributed by atoms with Crippen LogP contribution in [-0.2, 0) is 0 Å². The molecule has 4 aromatic rings. The molecule has 0 N–H and O–H groups in total. The Kier molecular flexibility index (Phi) is 4.70. The second-order valence-electron chi connectivity index (χ2n) is 7.00. The molecule has 2 aromatic carbocycles. The van der Waals surface area contributed by atoms with Gasteiger partial charge in [-0.3, -0.25) is 4.99 Å². The smallest absolute Gasteiger partial charge is 0.240 e. The van der Waals surface area contributed by atoms with Crippen LogP contribution in [0.5, 0.6) is 5.88 Å². The van der Waals surface area contributed by atoms with Crippen molar-refractivity contribution >= 4 is 17.7 Å². The molecule has 2 aromatic heterocycles. The first-order valence-electron chi connectivity index (χ1n) is 9.58. The van der Waals surface area contributed by atoms with E-state index in [2.05, 4.69) is 25.3 Å². The summed E-state index contributed by atoms with van der Waals surface area (Å²) >= 11 is 0. The van der Waals surface area contributed by atoms with E-state index in [-0.39, 0.29) is 35.7 Å². The number of fused-ring (bicyclic) bond motifs is 1. The third kappa shape index (κ3) is 3.54. The third-order valence-electron chi connectivity index (χ3n) is 4.96. The predicted molar refractivity (Wildman–Crippen MR) is 112 cm³/mol. The zero-order valence-electron chi connectivity index (χ0n) is 16.4. The Bertz CT molecular complexity index is 1350. The van der Waals surface area contributed by atoms with Crippen LogP contribution in [0, 0.1) is 11.6 Å². The first kappa shape index (κ1) is 19.0. The highest BCUT2D eigenvalue weighted by Crippen LogP contribution is 2.31. The quantitative estimate of drug-likeness (QED) is 0.491. The summed E-state index contributed by atoms with van der Waals surface area (Å²) in [6, 6.07) is 13.9. The van der Waals surface area contributed by atoms with Crippen LogP contribution in [0.1, 0.15) is 6.92 Å². The van der Waals surface area contributed by atoms with Crippen LogP contribution in [0.15, 0.2) is 64.6 Å². The molecule has 0 amide bonds. The molecule has 154 valence electrons. The fourth-order valence-corrected chi connectivity index (χ4v) is 3.30. The zero-order chi connectivity index (χ0) is 21.4. The predicted octanol–water partition coefficient (Wildman–Crippen LogP) is 3.99. The van der Waals surface area contributed by atoms with E-state index in [0.29, 0.717) is 16.8 Å². The lowest BCUT2D eigenvalue weighted by Crippen LogP contribution is -2.20. The molecule has 3 heterocycles. The summed E-state index contributed by atoms with van der Waals surface area (Å²) in [5, 5.41) is 12.8. The lowest BCUT2D eigenvalue weighted by atomic mass is 10.1. The van der Waals surface area contributed by atoms with E-state index in [4.69, 9.17) is 4.74 Å². The summed E-state index contributed by atoms with van der Waals surface area (Å²) in [7, 11) is 0. The molecule has 0 fully saturated rings. The Morgan fingerprint density at radius 1 is 1.00 bits per heavy atom. The standard InChI is InChI=1S/C22H16F2N6O/c1-13-19(26-12-25-13)11-31-22-17(14-5-4-6-15(23)9-14)10-20-27-28-21(30(20)29-22)16-7-2-3-8-18(16)24/h2-10,12-13H,11H2,1H3. The Morgan fingerprint density at radius 3 is 2.65 bits per heavy atom. The molecule has 1 atom stereocenters. The number of aliphatic imine (C=N–C) groups is 2. The van der Waals surface area contributed by atoms with Gasteiger partial charge in [-0.2, -0.15) is 4.52 Å². The SMILES string of the molecule is CC1N=CN=C1COc1nn2c(-c3ccccc3F)nnc2cc1-c1cccc(F)c1. The molecule has 0 saturated heterocycles. The molecule has 1 unspecified atom stereocenters. The van der Waals surface area contributed by atoms with Gasteiger partial charge in [0, 0.05) is 5.56 Å². The molecule has 7 nitrogen and oxygen atoms in total. The Morgan fingerprint density at radius 2 is 1.87 bits per heavy atom. The monoisotopic (exact) mass is 418 g/mol. The van der Waals surface area contributed by atoms with Crippen LogP contribution < -0.4 is 4.74 Å². The average Bonchev–Trinajstić information content (AvgIpc) is 3.37. The van der Waals surface area contributed by atoms with Gasteiger partial charge in [-0.05, 0) is 42.8 Å². The van der Waals surface area contributed by atoms with E-state index in [9.17, 15) is 8.78 Å². The van der Waals surface area contributed by atoms with Crippen molar-refractivity contribution in [2.24, 2.45) is 9.98 Å². The maximum atomic E-state index is 14.4. The summed E-state index contributed by atoms with van der Waals surface area (Å²) < 4.78 is 35.6. The zero-order valence-corrected chi connectivity index (χ0v) is 16.4. The van der Waals surface area contributed by atoms with Crippen LogP contribution in [0.25, 0.3) is 28.2 Å². The molecule has 0 radical (unpaired) electrons. The van der Waals surface area contributed by atoms with Crippen molar-refractivity contribution in [2.45, 2.75) is 13.0 Å². The number of rotatable bonds is 5. The number of aromatic nitrogens is 4. The van der Waals surface area contributed by atoms with Crippen molar-refractivity contribution in [3.05, 3.63) is 66.2 Å². The van der Waals surface area contributed by atoms with Gasteiger partial charge in [-0.1, -0.05) is 24.3 Å². The van der Waals surface area contributed by atoms with Gasteiger partial charge in [0.2, 0.25) is 5.88 Å². The normalized spacial score (nSPS) is 15.5. The van der Waals surface area contributed by atoms with Gasteiger partial charge in [0.1, 0.15) is 24.6 Å². The average molecular weight is 418 g/mol. The molecule has 5 rings (SSSR count). The topological polar surface area (TPSA) is 77.0 Å². The van der Waals surface area contributed by atoms with Crippen molar-refractivity contribution in [1.82, 2.24) is 19.8 Å². The molecule has 31 heavy (non-hydrogen) atoms. The van der Waals surface area contributed by atoms with Crippen molar-refractivity contribution in [3.63, 3.8) is 0 Å². The van der Waals surface area contributed by atoms with Crippen LogP contribution in [0.3, 0.4) is 0 Å². The van der Waals surface area contributed by atoms with Crippen molar-refractivity contribution < 1.29 is 13.5 Å². The summed E-state index contributed by atoms with van der Waals surface area (Å²) in [4.78, 5) is 8.39.